The van der Waals surface area contributed by atoms with Crippen molar-refractivity contribution < 1.29 is 36.5 Å². The lowest BCUT2D eigenvalue weighted by molar-refractivity contribution is -0.903. The summed E-state index contributed by atoms with van der Waals surface area (Å²) in [6.45, 7) is 3.00. The monoisotopic (exact) mass is 318 g/mol. The van der Waals surface area contributed by atoms with Gasteiger partial charge in [0.05, 0.1) is 20.7 Å². The van der Waals surface area contributed by atoms with Crippen LogP contribution in [0.25, 0.3) is 0 Å². The summed E-state index contributed by atoms with van der Waals surface area (Å²) < 4.78 is 0.834. The molecule has 0 aliphatic carbocycles. The molecule has 4 nitrogen and oxygen atoms in total. The van der Waals surface area contributed by atoms with Gasteiger partial charge in [-0.25, -0.2) is 0 Å². The molecule has 5 heteroatoms. The van der Waals surface area contributed by atoms with Crippen LogP contribution in [0.5, 0.6) is 0 Å². The minimum Gasteiger partial charge on any atom is -1.00 e. The number of aliphatic hydroxyl groups is 1. The number of carboxylic acids is 1. The molecule has 0 saturated carbocycles. The molecule has 0 atom stereocenters. The maximum Gasteiger partial charge on any atom is 0.104 e. The van der Waals surface area contributed by atoms with Crippen LogP contribution in [0.15, 0.2) is 30.3 Å². The molecular weight excluding hydrogens is 298 g/mol. The van der Waals surface area contributed by atoms with E-state index in [-0.39, 0.29) is 23.6 Å². The number of aliphatic hydroxyl groups excluding tert-OH is 1. The molecule has 104 valence electrons. The third-order valence-corrected chi connectivity index (χ3v) is 2.16. The number of rotatable bonds is 4. The van der Waals surface area contributed by atoms with Crippen molar-refractivity contribution in [3.05, 3.63) is 35.9 Å². The first-order valence-electron chi connectivity index (χ1n) is 5.52. The van der Waals surface area contributed by atoms with Crippen LogP contribution in [0.1, 0.15) is 12.5 Å². The number of aliphatic carboxylic acids is 1. The van der Waals surface area contributed by atoms with Gasteiger partial charge < -0.3 is 36.5 Å². The van der Waals surface area contributed by atoms with Crippen LogP contribution in [0, 0.1) is 0 Å². The molecule has 1 N–H and O–H groups in total. The fraction of sp³-hybridized carbons (Fsp3) is 0.462. The highest BCUT2D eigenvalue weighted by atomic mass is 79.9. The molecule has 0 aliphatic heterocycles. The van der Waals surface area contributed by atoms with E-state index in [0.29, 0.717) is 0 Å². The van der Waals surface area contributed by atoms with Crippen molar-refractivity contribution in [2.45, 2.75) is 13.5 Å². The van der Waals surface area contributed by atoms with Crippen LogP contribution < -0.4 is 22.1 Å². The van der Waals surface area contributed by atoms with Crippen LogP contribution in [0.2, 0.25) is 0 Å². The third-order valence-electron chi connectivity index (χ3n) is 2.16. The van der Waals surface area contributed by atoms with Crippen molar-refractivity contribution in [1.82, 2.24) is 0 Å². The van der Waals surface area contributed by atoms with E-state index in [2.05, 4.69) is 26.2 Å². The zero-order valence-corrected chi connectivity index (χ0v) is 12.7. The summed E-state index contributed by atoms with van der Waals surface area (Å²) in [5.74, 6) is -1.08. The maximum absolute atomic E-state index is 8.89. The molecule has 0 aliphatic rings. The van der Waals surface area contributed by atoms with Crippen molar-refractivity contribution in [3.63, 3.8) is 0 Å². The number of halogens is 1. The second-order valence-electron chi connectivity index (χ2n) is 4.52. The first kappa shape index (κ1) is 19.4. The Balaban J connectivity index is 0. The Bertz CT molecular complexity index is 324. The van der Waals surface area contributed by atoms with Crippen molar-refractivity contribution in [2.75, 3.05) is 27.2 Å². The van der Waals surface area contributed by atoms with Crippen LogP contribution in [-0.4, -0.2) is 42.8 Å². The van der Waals surface area contributed by atoms with E-state index in [0.717, 1.165) is 24.5 Å². The van der Waals surface area contributed by atoms with E-state index in [4.69, 9.17) is 15.0 Å². The van der Waals surface area contributed by atoms with Gasteiger partial charge in [-0.15, -0.1) is 0 Å². The number of carbonyl (C=O) groups excluding carboxylic acids is 1. The third kappa shape index (κ3) is 11.6. The molecule has 0 heterocycles. The Hall–Kier alpha value is -0.910. The summed E-state index contributed by atoms with van der Waals surface area (Å²) >= 11 is 0. The Morgan fingerprint density at radius 2 is 1.72 bits per heavy atom. The van der Waals surface area contributed by atoms with Gasteiger partial charge in [-0.1, -0.05) is 30.3 Å². The van der Waals surface area contributed by atoms with Gasteiger partial charge >= 0.3 is 0 Å². The van der Waals surface area contributed by atoms with Gasteiger partial charge in [0.15, 0.2) is 0 Å². The van der Waals surface area contributed by atoms with E-state index in [9.17, 15) is 0 Å². The second kappa shape index (κ2) is 10.1. The molecule has 0 unspecified atom stereocenters. The molecule has 1 aromatic rings. The largest absolute Gasteiger partial charge is 1.00 e. The lowest BCUT2D eigenvalue weighted by Gasteiger charge is -2.28. The standard InChI is InChI=1S/C11H18NO.C2H4O2.BrH/c1-12(2,8-9-13)10-11-6-4-3-5-7-11;1-2(3)4;/h3-7,13H,8-10H2,1-2H3;1H3,(H,3,4);1H/q+1;;/p-2. The molecule has 0 radical (unpaired) electrons. The summed E-state index contributed by atoms with van der Waals surface area (Å²) in [6.07, 6.45) is 0. The fourth-order valence-electron chi connectivity index (χ4n) is 1.43. The summed E-state index contributed by atoms with van der Waals surface area (Å²) in [7, 11) is 4.26. The van der Waals surface area contributed by atoms with Crippen LogP contribution in [-0.2, 0) is 11.3 Å². The molecule has 1 aromatic carbocycles. The summed E-state index contributed by atoms with van der Waals surface area (Å²) in [4.78, 5) is 8.89. The zero-order chi connectivity index (χ0) is 13.3. The quantitative estimate of drug-likeness (QED) is 0.603. The molecule has 0 aromatic heterocycles. The first-order chi connectivity index (χ1) is 7.87. The van der Waals surface area contributed by atoms with Gasteiger partial charge in [0, 0.05) is 11.5 Å². The van der Waals surface area contributed by atoms with Gasteiger partial charge in [-0.3, -0.25) is 0 Å². The first-order valence-corrected chi connectivity index (χ1v) is 5.52. The maximum atomic E-state index is 8.89. The van der Waals surface area contributed by atoms with Crippen LogP contribution in [0.3, 0.4) is 0 Å². The van der Waals surface area contributed by atoms with Gasteiger partial charge in [0.25, 0.3) is 0 Å². The molecule has 0 spiro atoms. The highest BCUT2D eigenvalue weighted by Crippen LogP contribution is 2.07. The molecular formula is C13H21BrNO3-. The van der Waals surface area contributed by atoms with Crippen molar-refractivity contribution in [2.24, 2.45) is 0 Å². The topological polar surface area (TPSA) is 60.4 Å². The van der Waals surface area contributed by atoms with E-state index in [1.54, 1.807) is 0 Å². The van der Waals surface area contributed by atoms with E-state index in [1.165, 1.54) is 5.56 Å². The van der Waals surface area contributed by atoms with Crippen molar-refractivity contribution in [1.29, 1.82) is 0 Å². The van der Waals surface area contributed by atoms with Crippen molar-refractivity contribution in [3.8, 4) is 0 Å². The normalized spacial score (nSPS) is 9.78. The van der Waals surface area contributed by atoms with Gasteiger partial charge in [-0.2, -0.15) is 0 Å². The summed E-state index contributed by atoms with van der Waals surface area (Å²) in [5, 5.41) is 17.8. The molecule has 0 saturated heterocycles. The number of benzene rings is 1. The molecule has 18 heavy (non-hydrogen) atoms. The second-order valence-corrected chi connectivity index (χ2v) is 4.52. The van der Waals surface area contributed by atoms with E-state index >= 15 is 0 Å². The van der Waals surface area contributed by atoms with E-state index in [1.807, 2.05) is 18.2 Å². The number of likely N-dealkylation sites (N-methyl/N-ethyl adjacent to an activating group) is 1. The number of nitrogens with zero attached hydrogens (tertiary/aromatic N) is 1. The van der Waals surface area contributed by atoms with Crippen LogP contribution >= 0.6 is 0 Å². The smallest absolute Gasteiger partial charge is 0.104 e. The summed E-state index contributed by atoms with van der Waals surface area (Å²) in [6, 6.07) is 10.4. The van der Waals surface area contributed by atoms with Gasteiger partial charge in [-0.05, 0) is 6.92 Å². The van der Waals surface area contributed by atoms with E-state index < -0.39 is 5.97 Å². The van der Waals surface area contributed by atoms with Gasteiger partial charge in [0.1, 0.15) is 13.1 Å². The predicted molar refractivity (Wildman–Crippen MR) is 64.9 cm³/mol. The Morgan fingerprint density at radius 1 is 1.28 bits per heavy atom. The number of quaternary nitrogens is 1. The SMILES string of the molecule is CC(=O)[O-].C[N+](C)(CCO)Cc1ccccc1.[Br-]. The Kier molecular flexibility index (Phi) is 10.9. The molecule has 0 fully saturated rings. The fourth-order valence-corrected chi connectivity index (χ4v) is 1.43. The molecule has 1 rings (SSSR count). The predicted octanol–water partition coefficient (Wildman–Crippen LogP) is -2.98. The van der Waals surface area contributed by atoms with Crippen LogP contribution in [0.4, 0.5) is 0 Å². The number of carboxylic acid groups (broad SMARTS) is 1. The molecule has 0 amide bonds. The van der Waals surface area contributed by atoms with Crippen molar-refractivity contribution >= 4 is 5.97 Å². The zero-order valence-electron chi connectivity index (χ0n) is 11.1. The molecule has 0 bridgehead atoms. The highest BCUT2D eigenvalue weighted by Gasteiger charge is 2.13. The lowest BCUT2D eigenvalue weighted by Crippen LogP contribution is -3.00. The number of carbonyl (C=O) groups is 1. The Morgan fingerprint density at radius 3 is 2.11 bits per heavy atom. The minimum absolute atomic E-state index is 0. The average Bonchev–Trinajstić information content (AvgIpc) is 2.17. The Labute approximate surface area is 119 Å². The lowest BCUT2D eigenvalue weighted by atomic mass is 10.2. The minimum atomic E-state index is -1.08. The summed E-state index contributed by atoms with van der Waals surface area (Å²) in [5.41, 5.74) is 1.32. The van der Waals surface area contributed by atoms with Gasteiger partial charge in [0.2, 0.25) is 0 Å². The highest BCUT2D eigenvalue weighted by molar-refractivity contribution is 5.60. The number of hydrogen-bond acceptors (Lipinski definition) is 3. The number of hydrogen-bond donors (Lipinski definition) is 1. The average molecular weight is 319 g/mol.